The van der Waals surface area contributed by atoms with Crippen LogP contribution < -0.4 is 15.8 Å². The topological polar surface area (TPSA) is 64.3 Å². The zero-order valence-electron chi connectivity index (χ0n) is 10.5. The molecule has 0 aliphatic carbocycles. The highest BCUT2D eigenvalue weighted by molar-refractivity contribution is 9.10. The van der Waals surface area contributed by atoms with E-state index in [0.717, 1.165) is 9.35 Å². The molecule has 1 aromatic carbocycles. The average molecular weight is 376 g/mol. The largest absolute Gasteiger partial charge is 0.495 e. The van der Waals surface area contributed by atoms with Crippen LogP contribution in [0.4, 0.5) is 5.69 Å². The van der Waals surface area contributed by atoms with Gasteiger partial charge in [0.25, 0.3) is 0 Å². The third-order valence-electron chi connectivity index (χ3n) is 2.64. The second kappa shape index (κ2) is 6.47. The molecule has 1 heterocycles. The summed E-state index contributed by atoms with van der Waals surface area (Å²) in [5.41, 5.74) is 6.17. The summed E-state index contributed by atoms with van der Waals surface area (Å²) >= 11 is 10.6. The molecule has 7 heteroatoms. The van der Waals surface area contributed by atoms with Gasteiger partial charge in [0.1, 0.15) is 16.1 Å². The van der Waals surface area contributed by atoms with Crippen LogP contribution in [-0.4, -0.2) is 13.0 Å². The number of amides is 1. The van der Waals surface area contributed by atoms with E-state index < -0.39 is 11.9 Å². The van der Waals surface area contributed by atoms with Crippen molar-refractivity contribution in [1.29, 1.82) is 0 Å². The standard InChI is InChI=1S/C13H12BrClN2O2S/c1-19-9-5-3-2-4-8(9)17-11(13(16)18)10-6-7(14)12(15)20-10/h2-6,11,17H,1H3,(H2,16,18). The molecular weight excluding hydrogens is 364 g/mol. The summed E-state index contributed by atoms with van der Waals surface area (Å²) in [5, 5.41) is 3.09. The van der Waals surface area contributed by atoms with Crippen LogP contribution in [0.3, 0.4) is 0 Å². The predicted molar refractivity (Wildman–Crippen MR) is 85.6 cm³/mol. The molecule has 1 aromatic heterocycles. The van der Waals surface area contributed by atoms with Crippen molar-refractivity contribution in [2.45, 2.75) is 6.04 Å². The van der Waals surface area contributed by atoms with E-state index in [1.54, 1.807) is 19.2 Å². The molecule has 1 amide bonds. The first-order valence-electron chi connectivity index (χ1n) is 5.66. The van der Waals surface area contributed by atoms with E-state index in [2.05, 4.69) is 21.2 Å². The number of methoxy groups -OCH3 is 1. The summed E-state index contributed by atoms with van der Waals surface area (Å²) in [5.74, 6) is 0.154. The monoisotopic (exact) mass is 374 g/mol. The molecule has 3 N–H and O–H groups in total. The van der Waals surface area contributed by atoms with Gasteiger partial charge in [-0.15, -0.1) is 11.3 Å². The number of carbonyl (C=O) groups excluding carboxylic acids is 1. The fourth-order valence-electron chi connectivity index (χ4n) is 1.71. The SMILES string of the molecule is COc1ccccc1NC(C(N)=O)c1cc(Br)c(Cl)s1. The summed E-state index contributed by atoms with van der Waals surface area (Å²) in [6.07, 6.45) is 0. The zero-order valence-corrected chi connectivity index (χ0v) is 13.7. The van der Waals surface area contributed by atoms with E-state index in [9.17, 15) is 4.79 Å². The maximum atomic E-state index is 11.7. The van der Waals surface area contributed by atoms with Gasteiger partial charge in [0.05, 0.1) is 12.8 Å². The van der Waals surface area contributed by atoms with E-state index in [1.807, 2.05) is 18.2 Å². The number of rotatable bonds is 5. The molecule has 0 aliphatic rings. The Balaban J connectivity index is 2.33. The molecule has 0 radical (unpaired) electrons. The smallest absolute Gasteiger partial charge is 0.245 e. The Labute approximate surface area is 134 Å². The Kier molecular flexibility index (Phi) is 4.91. The molecule has 106 valence electrons. The minimum absolute atomic E-state index is 0.485. The molecule has 4 nitrogen and oxygen atoms in total. The van der Waals surface area contributed by atoms with Gasteiger partial charge in [0.2, 0.25) is 5.91 Å². The van der Waals surface area contributed by atoms with Crippen molar-refractivity contribution in [3.63, 3.8) is 0 Å². The summed E-state index contributed by atoms with van der Waals surface area (Å²) in [7, 11) is 1.57. The Bertz CT molecular complexity index is 613. The number of halogens is 2. The summed E-state index contributed by atoms with van der Waals surface area (Å²) in [6, 6.07) is 8.43. The lowest BCUT2D eigenvalue weighted by Crippen LogP contribution is -2.27. The number of hydrogen-bond acceptors (Lipinski definition) is 4. The minimum atomic E-state index is -0.667. The van der Waals surface area contributed by atoms with Crippen LogP contribution >= 0.6 is 38.9 Å². The van der Waals surface area contributed by atoms with Crippen molar-refractivity contribution >= 4 is 50.5 Å². The van der Waals surface area contributed by atoms with E-state index in [1.165, 1.54) is 11.3 Å². The number of nitrogens with two attached hydrogens (primary N) is 1. The summed E-state index contributed by atoms with van der Waals surface area (Å²) < 4.78 is 6.56. The van der Waals surface area contributed by atoms with Gasteiger partial charge in [-0.1, -0.05) is 23.7 Å². The fraction of sp³-hybridized carbons (Fsp3) is 0.154. The van der Waals surface area contributed by atoms with Crippen LogP contribution in [0, 0.1) is 0 Å². The first-order valence-corrected chi connectivity index (χ1v) is 7.65. The number of benzene rings is 1. The number of anilines is 1. The average Bonchev–Trinajstić information content (AvgIpc) is 2.75. The first kappa shape index (κ1) is 15.2. The lowest BCUT2D eigenvalue weighted by atomic mass is 10.2. The van der Waals surface area contributed by atoms with Gasteiger partial charge in [-0.2, -0.15) is 0 Å². The molecule has 0 aliphatic heterocycles. The van der Waals surface area contributed by atoms with Crippen molar-refractivity contribution in [3.8, 4) is 5.75 Å². The number of nitrogens with one attached hydrogen (secondary N) is 1. The lowest BCUT2D eigenvalue weighted by molar-refractivity contribution is -0.118. The molecular formula is C13H12BrClN2O2S. The highest BCUT2D eigenvalue weighted by atomic mass is 79.9. The fourth-order valence-corrected chi connectivity index (χ4v) is 3.50. The summed E-state index contributed by atoms with van der Waals surface area (Å²) in [4.78, 5) is 12.4. The van der Waals surface area contributed by atoms with Gasteiger partial charge < -0.3 is 15.8 Å². The minimum Gasteiger partial charge on any atom is -0.495 e. The Morgan fingerprint density at radius 3 is 2.75 bits per heavy atom. The normalized spacial score (nSPS) is 11.9. The third-order valence-corrected chi connectivity index (χ3v) is 5.18. The predicted octanol–water partition coefficient (Wildman–Crippen LogP) is 3.81. The molecule has 0 saturated heterocycles. The van der Waals surface area contributed by atoms with Crippen molar-refractivity contribution in [3.05, 3.63) is 44.0 Å². The molecule has 2 aromatic rings. The molecule has 0 fully saturated rings. The van der Waals surface area contributed by atoms with Crippen LogP contribution in [-0.2, 0) is 4.79 Å². The first-order chi connectivity index (χ1) is 9.52. The highest BCUT2D eigenvalue weighted by Gasteiger charge is 2.22. The quantitative estimate of drug-likeness (QED) is 0.835. The molecule has 2 rings (SSSR count). The summed E-state index contributed by atoms with van der Waals surface area (Å²) in [6.45, 7) is 0. The molecule has 20 heavy (non-hydrogen) atoms. The van der Waals surface area contributed by atoms with E-state index in [4.69, 9.17) is 22.1 Å². The lowest BCUT2D eigenvalue weighted by Gasteiger charge is -2.17. The van der Waals surface area contributed by atoms with Crippen LogP contribution in [0.2, 0.25) is 4.34 Å². The van der Waals surface area contributed by atoms with Gasteiger partial charge in [-0.25, -0.2) is 0 Å². The Morgan fingerprint density at radius 1 is 1.50 bits per heavy atom. The maximum Gasteiger partial charge on any atom is 0.245 e. The molecule has 0 saturated carbocycles. The number of hydrogen-bond donors (Lipinski definition) is 2. The van der Waals surface area contributed by atoms with Crippen molar-refractivity contribution in [1.82, 2.24) is 0 Å². The van der Waals surface area contributed by atoms with E-state index in [0.29, 0.717) is 15.8 Å². The number of primary amides is 1. The van der Waals surface area contributed by atoms with Crippen molar-refractivity contribution in [2.75, 3.05) is 12.4 Å². The van der Waals surface area contributed by atoms with E-state index in [-0.39, 0.29) is 0 Å². The molecule has 0 spiro atoms. The number of carbonyl (C=O) groups is 1. The van der Waals surface area contributed by atoms with Crippen LogP contribution in [0.15, 0.2) is 34.8 Å². The van der Waals surface area contributed by atoms with Crippen LogP contribution in [0.1, 0.15) is 10.9 Å². The maximum absolute atomic E-state index is 11.7. The second-order valence-corrected chi connectivity index (χ2v) is 6.49. The second-order valence-electron chi connectivity index (χ2n) is 3.95. The van der Waals surface area contributed by atoms with E-state index >= 15 is 0 Å². The molecule has 1 atom stereocenters. The zero-order chi connectivity index (χ0) is 14.7. The Morgan fingerprint density at radius 2 is 2.20 bits per heavy atom. The van der Waals surface area contributed by atoms with Gasteiger partial charge in [-0.3, -0.25) is 4.79 Å². The number of para-hydroxylation sites is 2. The van der Waals surface area contributed by atoms with Gasteiger partial charge in [0, 0.05) is 9.35 Å². The third kappa shape index (κ3) is 3.26. The Hall–Kier alpha value is -1.24. The number of thiophene rings is 1. The molecule has 0 bridgehead atoms. The van der Waals surface area contributed by atoms with Crippen molar-refractivity contribution in [2.24, 2.45) is 5.73 Å². The van der Waals surface area contributed by atoms with Gasteiger partial charge in [-0.05, 0) is 34.1 Å². The van der Waals surface area contributed by atoms with Gasteiger partial charge >= 0.3 is 0 Å². The van der Waals surface area contributed by atoms with Gasteiger partial charge in [0.15, 0.2) is 0 Å². The van der Waals surface area contributed by atoms with Crippen molar-refractivity contribution < 1.29 is 9.53 Å². The van der Waals surface area contributed by atoms with Crippen LogP contribution in [0.25, 0.3) is 0 Å². The number of ether oxygens (including phenoxy) is 1. The molecule has 1 unspecified atom stereocenters. The van der Waals surface area contributed by atoms with Crippen LogP contribution in [0.5, 0.6) is 5.75 Å². The highest BCUT2D eigenvalue weighted by Crippen LogP contribution is 2.37.